The highest BCUT2D eigenvalue weighted by atomic mass is 19.1. The van der Waals surface area contributed by atoms with Gasteiger partial charge in [-0.15, -0.1) is 0 Å². The topological polar surface area (TPSA) is 75.0 Å². The molecule has 1 atom stereocenters. The molecule has 0 spiro atoms. The summed E-state index contributed by atoms with van der Waals surface area (Å²) in [4.78, 5) is 28.8. The van der Waals surface area contributed by atoms with Crippen LogP contribution < -0.4 is 15.1 Å². The number of carboxylic acids is 1. The number of hydrogen-bond donors (Lipinski definition) is 1. The van der Waals surface area contributed by atoms with Crippen LogP contribution in [0.3, 0.4) is 0 Å². The van der Waals surface area contributed by atoms with Crippen LogP contribution in [0.25, 0.3) is 10.9 Å². The first-order valence-corrected chi connectivity index (χ1v) is 11.0. The van der Waals surface area contributed by atoms with Gasteiger partial charge >= 0.3 is 5.97 Å². The summed E-state index contributed by atoms with van der Waals surface area (Å²) in [6.45, 7) is 9.15. The zero-order valence-electron chi connectivity index (χ0n) is 19.0. The number of halogens is 1. The smallest absolute Gasteiger partial charge is 0.341 e. The van der Waals surface area contributed by atoms with Crippen molar-refractivity contribution in [2.75, 3.05) is 38.2 Å². The monoisotopic (exact) mass is 443 g/mol. The fourth-order valence-corrected chi connectivity index (χ4v) is 4.49. The molecular weight excluding hydrogens is 413 g/mol. The van der Waals surface area contributed by atoms with Crippen LogP contribution in [0.4, 0.5) is 10.1 Å². The summed E-state index contributed by atoms with van der Waals surface area (Å²) >= 11 is 0. The number of anilines is 1. The number of rotatable bonds is 6. The molecule has 1 saturated heterocycles. The third-order valence-electron chi connectivity index (χ3n) is 6.39. The van der Waals surface area contributed by atoms with Gasteiger partial charge in [0.25, 0.3) is 0 Å². The van der Waals surface area contributed by atoms with E-state index in [2.05, 4.69) is 31.7 Å². The molecule has 2 heterocycles. The lowest BCUT2D eigenvalue weighted by Crippen LogP contribution is -2.52. The summed E-state index contributed by atoms with van der Waals surface area (Å²) in [7, 11) is 1.47. The van der Waals surface area contributed by atoms with Crippen LogP contribution in [0.2, 0.25) is 0 Å². The number of carbonyl (C=O) groups is 1. The molecule has 2 aromatic rings. The summed E-state index contributed by atoms with van der Waals surface area (Å²) in [5.41, 5.74) is 1.04. The summed E-state index contributed by atoms with van der Waals surface area (Å²) < 4.78 is 22.9. The lowest BCUT2D eigenvalue weighted by molar-refractivity contribution is 0.0695. The van der Waals surface area contributed by atoms with Gasteiger partial charge in [-0.3, -0.25) is 9.69 Å². The van der Waals surface area contributed by atoms with Crippen molar-refractivity contribution < 1.29 is 19.0 Å². The fourth-order valence-electron chi connectivity index (χ4n) is 4.49. The second kappa shape index (κ2) is 8.58. The molecule has 7 nitrogen and oxygen atoms in total. The normalized spacial score (nSPS) is 19.3. The van der Waals surface area contributed by atoms with Gasteiger partial charge in [-0.2, -0.15) is 0 Å². The number of allylic oxidation sites excluding steroid dienone is 1. The van der Waals surface area contributed by atoms with Crippen LogP contribution in [0.5, 0.6) is 5.75 Å². The van der Waals surface area contributed by atoms with Gasteiger partial charge in [0, 0.05) is 44.5 Å². The number of carboxylic acid groups (broad SMARTS) is 1. The minimum Gasteiger partial charge on any atom is -0.492 e. The number of fused-ring (bicyclic) bond motifs is 1. The molecule has 1 aliphatic heterocycles. The number of piperazine rings is 1. The Morgan fingerprint density at radius 3 is 2.59 bits per heavy atom. The van der Waals surface area contributed by atoms with Gasteiger partial charge in [0.1, 0.15) is 11.3 Å². The number of pyridine rings is 1. The number of aromatic carboxylic acids is 1. The Morgan fingerprint density at radius 1 is 1.31 bits per heavy atom. The Morgan fingerprint density at radius 2 is 2.03 bits per heavy atom. The average Bonchev–Trinajstić information content (AvgIpc) is 3.57. The van der Waals surface area contributed by atoms with E-state index >= 15 is 4.39 Å². The second-order valence-corrected chi connectivity index (χ2v) is 9.02. The SMILES string of the molecule is COc1c(N2CCN(CC=C(C)C)C(C)C2)c(F)cc2c(=O)c(C(=O)O)cn(C3CC3)c12. The third kappa shape index (κ3) is 3.99. The van der Waals surface area contributed by atoms with E-state index in [4.69, 9.17) is 4.74 Å². The van der Waals surface area contributed by atoms with E-state index in [9.17, 15) is 14.7 Å². The second-order valence-electron chi connectivity index (χ2n) is 9.02. The van der Waals surface area contributed by atoms with Crippen molar-refractivity contribution in [3.8, 4) is 5.75 Å². The number of hydrogen-bond acceptors (Lipinski definition) is 5. The molecule has 1 unspecified atom stereocenters. The fraction of sp³-hybridized carbons (Fsp3) is 0.500. The molecule has 2 fully saturated rings. The van der Waals surface area contributed by atoms with Crippen LogP contribution in [-0.2, 0) is 0 Å². The van der Waals surface area contributed by atoms with Gasteiger partial charge in [0.15, 0.2) is 11.6 Å². The lowest BCUT2D eigenvalue weighted by Gasteiger charge is -2.41. The molecular formula is C24H30FN3O4. The van der Waals surface area contributed by atoms with Gasteiger partial charge in [0.05, 0.1) is 18.0 Å². The molecule has 1 aromatic heterocycles. The maximum Gasteiger partial charge on any atom is 0.341 e. The van der Waals surface area contributed by atoms with Crippen LogP contribution in [-0.4, -0.2) is 59.9 Å². The first kappa shape index (κ1) is 22.3. The molecule has 1 saturated carbocycles. The minimum absolute atomic E-state index is 0.0464. The van der Waals surface area contributed by atoms with Gasteiger partial charge in [-0.1, -0.05) is 11.6 Å². The number of benzene rings is 1. The summed E-state index contributed by atoms with van der Waals surface area (Å²) in [6.07, 6.45) is 5.34. The lowest BCUT2D eigenvalue weighted by atomic mass is 10.1. The number of aromatic nitrogens is 1. The molecule has 4 rings (SSSR count). The molecule has 2 aliphatic rings. The van der Waals surface area contributed by atoms with Gasteiger partial charge in [-0.05, 0) is 39.7 Å². The average molecular weight is 444 g/mol. The van der Waals surface area contributed by atoms with Crippen LogP contribution in [0.1, 0.15) is 50.0 Å². The van der Waals surface area contributed by atoms with Gasteiger partial charge < -0.3 is 19.3 Å². The predicted octanol–water partition coefficient (Wildman–Crippen LogP) is 3.66. The van der Waals surface area contributed by atoms with E-state index in [-0.39, 0.29) is 23.0 Å². The predicted molar refractivity (Wildman–Crippen MR) is 123 cm³/mol. The van der Waals surface area contributed by atoms with Crippen LogP contribution in [0.15, 0.2) is 28.7 Å². The Bertz CT molecular complexity index is 1150. The van der Waals surface area contributed by atoms with E-state index in [1.165, 1.54) is 24.9 Å². The maximum absolute atomic E-state index is 15.5. The van der Waals surface area contributed by atoms with E-state index < -0.39 is 17.2 Å². The maximum atomic E-state index is 15.5. The van der Waals surface area contributed by atoms with Crippen molar-refractivity contribution in [2.24, 2.45) is 0 Å². The zero-order valence-corrected chi connectivity index (χ0v) is 19.0. The molecule has 172 valence electrons. The standard InChI is InChI=1S/C24H30FN3O4/c1-14(2)7-8-26-9-10-27(12-15(26)3)21-19(25)11-17-20(23(21)32-4)28(16-5-6-16)13-18(22(17)29)24(30)31/h7,11,13,15-16H,5-6,8-10,12H2,1-4H3,(H,30,31). The Hall–Kier alpha value is -2.87. The first-order valence-electron chi connectivity index (χ1n) is 11.0. The molecule has 8 heteroatoms. The number of methoxy groups -OCH3 is 1. The molecule has 1 aliphatic carbocycles. The minimum atomic E-state index is -1.31. The highest BCUT2D eigenvalue weighted by Crippen LogP contribution is 2.44. The first-order chi connectivity index (χ1) is 15.2. The Kier molecular flexibility index (Phi) is 5.99. The van der Waals surface area contributed by atoms with Crippen molar-refractivity contribution >= 4 is 22.6 Å². The summed E-state index contributed by atoms with van der Waals surface area (Å²) in [5.74, 6) is -1.58. The molecule has 0 bridgehead atoms. The molecule has 1 aromatic carbocycles. The highest BCUT2D eigenvalue weighted by molar-refractivity contribution is 5.97. The van der Waals surface area contributed by atoms with E-state index in [1.54, 1.807) is 4.57 Å². The molecule has 0 amide bonds. The summed E-state index contributed by atoms with van der Waals surface area (Å²) in [6, 6.07) is 1.48. The van der Waals surface area contributed by atoms with Crippen molar-refractivity contribution in [3.63, 3.8) is 0 Å². The quantitative estimate of drug-likeness (QED) is 0.687. The van der Waals surface area contributed by atoms with Gasteiger partial charge in [0.2, 0.25) is 5.43 Å². The molecule has 0 radical (unpaired) electrons. The third-order valence-corrected chi connectivity index (χ3v) is 6.39. The Balaban J connectivity index is 1.81. The van der Waals surface area contributed by atoms with Crippen molar-refractivity contribution in [1.82, 2.24) is 9.47 Å². The number of nitrogens with zero attached hydrogens (tertiary/aromatic N) is 3. The van der Waals surface area contributed by atoms with Crippen LogP contribution >= 0.6 is 0 Å². The molecule has 1 N–H and O–H groups in total. The highest BCUT2D eigenvalue weighted by Gasteiger charge is 2.33. The van der Waals surface area contributed by atoms with Crippen molar-refractivity contribution in [2.45, 2.75) is 45.7 Å². The van der Waals surface area contributed by atoms with Crippen molar-refractivity contribution in [3.05, 3.63) is 45.5 Å². The van der Waals surface area contributed by atoms with E-state index in [1.807, 2.05) is 4.90 Å². The van der Waals surface area contributed by atoms with E-state index in [0.29, 0.717) is 30.0 Å². The zero-order chi connectivity index (χ0) is 23.2. The van der Waals surface area contributed by atoms with E-state index in [0.717, 1.165) is 25.9 Å². The molecule has 32 heavy (non-hydrogen) atoms. The van der Waals surface area contributed by atoms with Crippen molar-refractivity contribution in [1.29, 1.82) is 0 Å². The number of ether oxygens (including phenoxy) is 1. The van der Waals surface area contributed by atoms with Crippen LogP contribution in [0, 0.1) is 5.82 Å². The summed E-state index contributed by atoms with van der Waals surface area (Å²) in [5, 5.41) is 9.53. The Labute approximate surface area is 186 Å². The largest absolute Gasteiger partial charge is 0.492 e. The van der Waals surface area contributed by atoms with Gasteiger partial charge in [-0.25, -0.2) is 9.18 Å².